The van der Waals surface area contributed by atoms with Crippen molar-refractivity contribution in [3.05, 3.63) is 15.0 Å². The predicted octanol–water partition coefficient (Wildman–Crippen LogP) is -0.858. The van der Waals surface area contributed by atoms with Crippen LogP contribution in [-0.4, -0.2) is 33.0 Å². The molecule has 0 radical (unpaired) electrons. The molecule has 4 N–H and O–H groups in total. The molecule has 0 bridgehead atoms. The van der Waals surface area contributed by atoms with Crippen molar-refractivity contribution < 1.29 is 33.0 Å². The highest BCUT2D eigenvalue weighted by Crippen LogP contribution is 1.59. The van der Waals surface area contributed by atoms with E-state index in [1.807, 2.05) is 0 Å². The number of nitrogens with zero attached hydrogens (tertiary/aromatic N) is 2. The Bertz CT molecular complexity index is 189. The summed E-state index contributed by atoms with van der Waals surface area (Å²) in [7, 11) is -4.67. The zero-order chi connectivity index (χ0) is 10.8. The highest BCUT2D eigenvalue weighted by Gasteiger charge is 1.84. The Morgan fingerprint density at radius 2 is 1.33 bits per heavy atom. The third kappa shape index (κ3) is 202. The third-order valence-corrected chi connectivity index (χ3v) is 0. The van der Waals surface area contributed by atoms with Gasteiger partial charge in [0.15, 0.2) is 5.34 Å². The van der Waals surface area contributed by atoms with Crippen LogP contribution in [0.5, 0.6) is 0 Å². The molecule has 0 aliphatic carbocycles. The van der Waals surface area contributed by atoms with E-state index >= 15 is 0 Å². The van der Waals surface area contributed by atoms with E-state index in [1.54, 1.807) is 0 Å². The topological polar surface area (TPSA) is 188 Å². The first-order valence-electron chi connectivity index (χ1n) is 1.65. The summed E-state index contributed by atoms with van der Waals surface area (Å²) in [6.07, 6.45) is 0. The Morgan fingerprint density at radius 3 is 1.33 bits per heavy atom. The maximum Gasteiger partial charge on any atom is 0.394 e. The zero-order valence-electron chi connectivity index (χ0n) is 5.13. The molecule has 0 aliphatic heterocycles. The summed E-state index contributed by atoms with van der Waals surface area (Å²) in [5.74, 6) is 0. The minimum atomic E-state index is -4.67. The lowest BCUT2D eigenvalue weighted by atomic mass is 13.1. The average molecular weight is 208 g/mol. The largest absolute Gasteiger partial charge is 0.394 e. The van der Waals surface area contributed by atoms with Crippen LogP contribution in [0.25, 0.3) is 0 Å². The molecule has 0 aromatic carbocycles. The molecule has 0 spiro atoms. The summed E-state index contributed by atoms with van der Waals surface area (Å²) >= 11 is 0. The summed E-state index contributed by atoms with van der Waals surface area (Å²) in [6.45, 7) is 0. The van der Waals surface area contributed by atoms with Crippen LogP contribution in [0, 0.1) is 15.0 Å². The van der Waals surface area contributed by atoms with E-state index in [4.69, 9.17) is 43.0 Å². The van der Waals surface area contributed by atoms with Gasteiger partial charge in [0.1, 0.15) is 0 Å². The van der Waals surface area contributed by atoms with E-state index in [0.29, 0.717) is 0 Å². The first-order valence-corrected chi connectivity index (χ1v) is 3.04. The smallest absolute Gasteiger partial charge is 0.379 e. The molecule has 12 heavy (non-hydrogen) atoms. The van der Waals surface area contributed by atoms with E-state index in [0.717, 1.165) is 0 Å². The molecule has 0 aromatic rings. The van der Waals surface area contributed by atoms with Gasteiger partial charge in [-0.3, -0.25) is 9.11 Å². The summed E-state index contributed by atoms with van der Waals surface area (Å²) < 4.78 is 31.6. The Morgan fingerprint density at radius 1 is 1.33 bits per heavy atom. The van der Waals surface area contributed by atoms with Gasteiger partial charge in [0.25, 0.3) is 5.09 Å². The van der Waals surface area contributed by atoms with Crippen LogP contribution in [0.15, 0.2) is 5.34 Å². The van der Waals surface area contributed by atoms with Crippen molar-refractivity contribution in [3.63, 3.8) is 0 Å². The minimum Gasteiger partial charge on any atom is -0.379 e. The Kier molecular flexibility index (Phi) is 13.3. The maximum absolute atomic E-state index is 8.74. The summed E-state index contributed by atoms with van der Waals surface area (Å²) in [5.41, 5.74) is 0. The Hall–Kier alpha value is -1.53. The monoisotopic (exact) mass is 208 g/mol. The summed E-state index contributed by atoms with van der Waals surface area (Å²) in [5, 5.41) is 21.5. The molecule has 0 amide bonds. The molecular weight excluding hydrogens is 204 g/mol. The summed E-state index contributed by atoms with van der Waals surface area (Å²) in [6, 6.07) is 0. The fourth-order valence-electron chi connectivity index (χ4n) is 0. The lowest BCUT2D eigenvalue weighted by molar-refractivity contribution is -0.742. The van der Waals surface area contributed by atoms with Crippen LogP contribution in [-0.2, 0) is 10.4 Å². The van der Waals surface area contributed by atoms with Gasteiger partial charge in [0.05, 0.1) is 0 Å². The molecule has 0 aliphatic rings. The molecule has 0 heterocycles. The van der Waals surface area contributed by atoms with Crippen LogP contribution in [0.4, 0.5) is 0 Å². The van der Waals surface area contributed by atoms with Gasteiger partial charge in [0.2, 0.25) is 0 Å². The molecule has 74 valence electrons. The molecule has 0 unspecified atom stereocenters. The molecule has 11 nitrogen and oxygen atoms in total. The molecule has 12 heteroatoms. The van der Waals surface area contributed by atoms with Gasteiger partial charge in [-0.25, -0.2) is 0 Å². The molecule has 0 saturated carbocycles. The van der Waals surface area contributed by atoms with Crippen LogP contribution < -0.4 is 0 Å². The predicted molar refractivity (Wildman–Crippen MR) is 30.5 cm³/mol. The second-order valence-electron chi connectivity index (χ2n) is 0.767. The minimum absolute atomic E-state index is 1.25. The summed E-state index contributed by atoms with van der Waals surface area (Å²) in [4.78, 5) is 16.5. The lowest BCUT2D eigenvalue weighted by Crippen LogP contribution is -1.89. The van der Waals surface area contributed by atoms with Gasteiger partial charge in [-0.1, -0.05) is 0 Å². The highest BCUT2D eigenvalue weighted by atomic mass is 32.3. The number of hydrogen-bond donors (Lipinski definition) is 4. The first-order chi connectivity index (χ1) is 5.15. The van der Waals surface area contributed by atoms with Crippen molar-refractivity contribution in [2.24, 2.45) is 5.34 Å². The second kappa shape index (κ2) is 9.47. The lowest BCUT2D eigenvalue weighted by Gasteiger charge is -1.68. The molecule has 0 saturated heterocycles. The Labute approximate surface area is 64.9 Å². The van der Waals surface area contributed by atoms with Gasteiger partial charge in [-0.2, -0.15) is 8.42 Å². The molecule has 0 atom stereocenters. The fourth-order valence-corrected chi connectivity index (χ4v) is 0. The second-order valence-corrected chi connectivity index (χ2v) is 1.66. The van der Waals surface area contributed by atoms with Crippen LogP contribution >= 0.6 is 0 Å². The van der Waals surface area contributed by atoms with Crippen molar-refractivity contribution in [2.45, 2.75) is 0 Å². The zero-order valence-corrected chi connectivity index (χ0v) is 5.95. The molecule has 0 rings (SSSR count). The van der Waals surface area contributed by atoms with Crippen LogP contribution in [0.2, 0.25) is 0 Å². The standard InChI is InChI=1S/HNO3.HNO2.H2O4S/c2-1(3)4;2-1-3;1-5(2,3)4/h(H,2,3,4);(H,2,3);(H2,1,2,3,4). The Balaban J connectivity index is -0.000000105. The van der Waals surface area contributed by atoms with Gasteiger partial charge >= 0.3 is 10.4 Å². The van der Waals surface area contributed by atoms with Crippen molar-refractivity contribution in [2.75, 3.05) is 0 Å². The SMILES string of the molecule is O=NO.O=S(=O)(O)O.O=[N+]([O-])O. The molecule has 0 fully saturated rings. The van der Waals surface area contributed by atoms with E-state index in [-0.39, 0.29) is 0 Å². The number of hydrogen-bond acceptors (Lipinski definition) is 6. The third-order valence-electron chi connectivity index (χ3n) is 0. The van der Waals surface area contributed by atoms with Crippen LogP contribution in [0.1, 0.15) is 0 Å². The molecular formula is H4N2O9S. The number of rotatable bonds is 0. The van der Waals surface area contributed by atoms with Crippen molar-refractivity contribution in [1.82, 2.24) is 0 Å². The first kappa shape index (κ1) is 16.8. The van der Waals surface area contributed by atoms with Gasteiger partial charge in [-0.05, 0) is 0 Å². The van der Waals surface area contributed by atoms with E-state index in [9.17, 15) is 0 Å². The normalized spacial score (nSPS) is 7.83. The fraction of sp³-hybridized carbons (Fsp3) is 0. The van der Waals surface area contributed by atoms with Crippen molar-refractivity contribution >= 4 is 10.4 Å². The van der Waals surface area contributed by atoms with Gasteiger partial charge < -0.3 is 10.4 Å². The van der Waals surface area contributed by atoms with Gasteiger partial charge in [0, 0.05) is 0 Å². The van der Waals surface area contributed by atoms with Crippen LogP contribution in [0.3, 0.4) is 0 Å². The molecule has 0 aromatic heterocycles. The quantitative estimate of drug-likeness (QED) is 0.170. The van der Waals surface area contributed by atoms with E-state index in [2.05, 4.69) is 0 Å². The highest BCUT2D eigenvalue weighted by molar-refractivity contribution is 7.79. The van der Waals surface area contributed by atoms with Gasteiger partial charge in [-0.15, -0.1) is 15.0 Å². The van der Waals surface area contributed by atoms with Crippen molar-refractivity contribution in [1.29, 1.82) is 0 Å². The maximum atomic E-state index is 8.74. The van der Waals surface area contributed by atoms with Crippen molar-refractivity contribution in [3.8, 4) is 0 Å². The average Bonchev–Trinajstić information content (AvgIpc) is 1.56. The van der Waals surface area contributed by atoms with E-state index < -0.39 is 15.5 Å². The van der Waals surface area contributed by atoms with E-state index in [1.165, 1.54) is 5.34 Å².